The highest BCUT2D eigenvalue weighted by molar-refractivity contribution is 5.83. The zero-order chi connectivity index (χ0) is 21.5. The number of amides is 1. The van der Waals surface area contributed by atoms with E-state index in [9.17, 15) is 9.59 Å². The molecule has 1 atom stereocenters. The molecule has 0 spiro atoms. The molecule has 1 aromatic rings. The summed E-state index contributed by atoms with van der Waals surface area (Å²) in [6.07, 6.45) is 13.2. The highest BCUT2D eigenvalue weighted by Gasteiger charge is 2.20. The molecule has 0 radical (unpaired) electrons. The van der Waals surface area contributed by atoms with E-state index in [0.29, 0.717) is 12.8 Å². The van der Waals surface area contributed by atoms with Crippen molar-refractivity contribution in [1.29, 1.82) is 0 Å². The van der Waals surface area contributed by atoms with Gasteiger partial charge in [-0.25, -0.2) is 4.79 Å². The Morgan fingerprint density at radius 3 is 2.03 bits per heavy atom. The first-order valence-electron chi connectivity index (χ1n) is 11.5. The summed E-state index contributed by atoms with van der Waals surface area (Å²) in [7, 11) is 0. The van der Waals surface area contributed by atoms with Crippen molar-refractivity contribution in [2.75, 3.05) is 0 Å². The first kappa shape index (κ1) is 25.3. The molecule has 1 amide bonds. The van der Waals surface area contributed by atoms with Crippen LogP contribution in [-0.4, -0.2) is 23.0 Å². The average molecular weight is 408 g/mol. The van der Waals surface area contributed by atoms with Crippen molar-refractivity contribution in [3.05, 3.63) is 23.7 Å². The van der Waals surface area contributed by atoms with Gasteiger partial charge in [-0.2, -0.15) is 0 Å². The summed E-state index contributed by atoms with van der Waals surface area (Å²) in [6.45, 7) is 6.09. The summed E-state index contributed by atoms with van der Waals surface area (Å²) in [4.78, 5) is 23.1. The van der Waals surface area contributed by atoms with Gasteiger partial charge in [0.05, 0.1) is 0 Å². The molecule has 0 bridgehead atoms. The third-order valence-corrected chi connectivity index (χ3v) is 5.13. The van der Waals surface area contributed by atoms with Gasteiger partial charge in [-0.1, -0.05) is 59.3 Å². The fourth-order valence-corrected chi connectivity index (χ4v) is 3.54. The van der Waals surface area contributed by atoms with Gasteiger partial charge in [0.25, 0.3) is 0 Å². The van der Waals surface area contributed by atoms with Crippen LogP contribution in [0.4, 0.5) is 0 Å². The maximum Gasteiger partial charge on any atom is 0.326 e. The number of furan rings is 1. The van der Waals surface area contributed by atoms with Crippen molar-refractivity contribution < 1.29 is 19.1 Å². The van der Waals surface area contributed by atoms with Crippen LogP contribution < -0.4 is 5.32 Å². The van der Waals surface area contributed by atoms with Gasteiger partial charge in [0.15, 0.2) is 0 Å². The van der Waals surface area contributed by atoms with Crippen molar-refractivity contribution >= 4 is 11.9 Å². The molecule has 1 unspecified atom stereocenters. The number of carboxylic acid groups (broad SMARTS) is 1. The van der Waals surface area contributed by atoms with Crippen LogP contribution in [0.25, 0.3) is 0 Å². The Morgan fingerprint density at radius 1 is 0.931 bits per heavy atom. The first-order chi connectivity index (χ1) is 13.9. The molecule has 1 heterocycles. The molecule has 0 aliphatic carbocycles. The zero-order valence-corrected chi connectivity index (χ0v) is 18.7. The Kier molecular flexibility index (Phi) is 13.2. The van der Waals surface area contributed by atoms with E-state index in [1.165, 1.54) is 32.1 Å². The molecule has 2 N–H and O–H groups in total. The van der Waals surface area contributed by atoms with E-state index in [-0.39, 0.29) is 11.8 Å². The van der Waals surface area contributed by atoms with Gasteiger partial charge in [0, 0.05) is 19.3 Å². The molecule has 1 rings (SSSR count). The topological polar surface area (TPSA) is 79.5 Å². The molecule has 29 heavy (non-hydrogen) atoms. The lowest BCUT2D eigenvalue weighted by molar-refractivity contribution is -0.142. The second kappa shape index (κ2) is 15.1. The van der Waals surface area contributed by atoms with Gasteiger partial charge < -0.3 is 14.8 Å². The third-order valence-electron chi connectivity index (χ3n) is 5.13. The minimum absolute atomic E-state index is 0.141. The lowest BCUT2D eigenvalue weighted by atomic mass is 10.0. The Labute approximate surface area is 176 Å². The molecule has 0 aliphatic heterocycles. The SMILES string of the molecule is CCCc1ccc(CCCCCCCCCCC(=O)NC(CC(C)C)C(=O)O)o1. The molecular weight excluding hydrogens is 366 g/mol. The van der Waals surface area contributed by atoms with E-state index in [0.717, 1.165) is 50.0 Å². The van der Waals surface area contributed by atoms with E-state index in [1.807, 2.05) is 13.8 Å². The Bertz CT molecular complexity index is 579. The average Bonchev–Trinajstić information content (AvgIpc) is 3.10. The highest BCUT2D eigenvalue weighted by atomic mass is 16.4. The number of carboxylic acids is 1. The van der Waals surface area contributed by atoms with Crippen molar-refractivity contribution in [3.63, 3.8) is 0 Å². The van der Waals surface area contributed by atoms with Crippen LogP contribution in [0.15, 0.2) is 16.5 Å². The maximum absolute atomic E-state index is 11.9. The summed E-state index contributed by atoms with van der Waals surface area (Å²) in [5.41, 5.74) is 0. The summed E-state index contributed by atoms with van der Waals surface area (Å²) in [5, 5.41) is 11.8. The van der Waals surface area contributed by atoms with E-state index >= 15 is 0 Å². The number of hydrogen-bond donors (Lipinski definition) is 2. The number of rotatable bonds is 17. The fourth-order valence-electron chi connectivity index (χ4n) is 3.54. The van der Waals surface area contributed by atoms with Crippen LogP contribution in [0.5, 0.6) is 0 Å². The quantitative estimate of drug-likeness (QED) is 0.315. The monoisotopic (exact) mass is 407 g/mol. The van der Waals surface area contributed by atoms with E-state index in [2.05, 4.69) is 24.4 Å². The van der Waals surface area contributed by atoms with Crippen LogP contribution in [0, 0.1) is 5.92 Å². The minimum atomic E-state index is -0.944. The zero-order valence-electron chi connectivity index (χ0n) is 18.7. The number of aryl methyl sites for hydroxylation is 2. The predicted octanol–water partition coefficient (Wildman–Crippen LogP) is 5.90. The number of aliphatic carboxylic acids is 1. The number of hydrogen-bond acceptors (Lipinski definition) is 3. The summed E-state index contributed by atoms with van der Waals surface area (Å²) in [5.74, 6) is 1.38. The third kappa shape index (κ3) is 12.4. The van der Waals surface area contributed by atoms with Crippen LogP contribution in [-0.2, 0) is 22.4 Å². The van der Waals surface area contributed by atoms with Gasteiger partial charge in [0.1, 0.15) is 17.6 Å². The van der Waals surface area contributed by atoms with Gasteiger partial charge in [0.2, 0.25) is 5.91 Å². The predicted molar refractivity (Wildman–Crippen MR) is 117 cm³/mol. The van der Waals surface area contributed by atoms with Crippen LogP contribution in [0.3, 0.4) is 0 Å². The van der Waals surface area contributed by atoms with Crippen molar-refractivity contribution in [3.8, 4) is 0 Å². The molecule has 0 saturated carbocycles. The summed E-state index contributed by atoms with van der Waals surface area (Å²) >= 11 is 0. The lowest BCUT2D eigenvalue weighted by Crippen LogP contribution is -2.41. The summed E-state index contributed by atoms with van der Waals surface area (Å²) < 4.78 is 5.81. The molecule has 0 saturated heterocycles. The van der Waals surface area contributed by atoms with Crippen molar-refractivity contribution in [1.82, 2.24) is 5.32 Å². The van der Waals surface area contributed by atoms with Gasteiger partial charge >= 0.3 is 5.97 Å². The number of carbonyl (C=O) groups excluding carboxylic acids is 1. The minimum Gasteiger partial charge on any atom is -0.480 e. The van der Waals surface area contributed by atoms with Crippen molar-refractivity contribution in [2.45, 2.75) is 110 Å². The molecule has 0 fully saturated rings. The van der Waals surface area contributed by atoms with Gasteiger partial charge in [-0.3, -0.25) is 4.79 Å². The molecule has 0 aliphatic rings. The van der Waals surface area contributed by atoms with E-state index < -0.39 is 12.0 Å². The highest BCUT2D eigenvalue weighted by Crippen LogP contribution is 2.15. The van der Waals surface area contributed by atoms with Gasteiger partial charge in [-0.05, 0) is 43.7 Å². The largest absolute Gasteiger partial charge is 0.480 e. The first-order valence-corrected chi connectivity index (χ1v) is 11.5. The second-order valence-electron chi connectivity index (χ2n) is 8.53. The molecule has 5 heteroatoms. The lowest BCUT2D eigenvalue weighted by Gasteiger charge is -2.16. The Morgan fingerprint density at radius 2 is 1.48 bits per heavy atom. The summed E-state index contributed by atoms with van der Waals surface area (Å²) in [6, 6.07) is 3.45. The molecule has 0 aromatic carbocycles. The van der Waals surface area contributed by atoms with Crippen LogP contribution in [0.2, 0.25) is 0 Å². The molecule has 1 aromatic heterocycles. The Balaban J connectivity index is 1.97. The fraction of sp³-hybridized carbons (Fsp3) is 0.750. The molecule has 166 valence electrons. The van der Waals surface area contributed by atoms with Crippen LogP contribution >= 0.6 is 0 Å². The second-order valence-corrected chi connectivity index (χ2v) is 8.53. The normalized spacial score (nSPS) is 12.3. The van der Waals surface area contributed by atoms with Crippen LogP contribution in [0.1, 0.15) is 103 Å². The van der Waals surface area contributed by atoms with Crippen molar-refractivity contribution in [2.24, 2.45) is 5.92 Å². The number of carbonyl (C=O) groups is 2. The van der Waals surface area contributed by atoms with Gasteiger partial charge in [-0.15, -0.1) is 0 Å². The molecule has 5 nitrogen and oxygen atoms in total. The standard InChI is InChI=1S/C24H41NO4/c1-4-13-20-16-17-21(29-20)14-11-9-7-5-6-8-10-12-15-23(26)25-22(24(27)28)18-19(2)3/h16-17,19,22H,4-15,18H2,1-3H3,(H,25,26)(H,27,28). The van der Waals surface area contributed by atoms with E-state index in [4.69, 9.17) is 9.52 Å². The molecular formula is C24H41NO4. The maximum atomic E-state index is 11.9. The smallest absolute Gasteiger partial charge is 0.326 e. The number of unbranched alkanes of at least 4 members (excludes halogenated alkanes) is 7. The van der Waals surface area contributed by atoms with E-state index in [1.54, 1.807) is 0 Å². The Hall–Kier alpha value is -1.78. The number of nitrogens with one attached hydrogen (secondary N) is 1.